The highest BCUT2D eigenvalue weighted by atomic mass is 32.2. The van der Waals surface area contributed by atoms with Crippen molar-refractivity contribution < 1.29 is 4.79 Å². The Morgan fingerprint density at radius 1 is 1.08 bits per heavy atom. The smallest absolute Gasteiger partial charge is 0.250 e. The number of carbonyl (C=O) groups excluding carboxylic acids is 1. The predicted octanol–water partition coefficient (Wildman–Crippen LogP) is 5.07. The highest BCUT2D eigenvalue weighted by Gasteiger charge is 2.21. The van der Waals surface area contributed by atoms with Gasteiger partial charge in [0.2, 0.25) is 5.91 Å². The number of nitrogens with one attached hydrogen (secondary N) is 1. The molecule has 4 rings (SSSR count). The van der Waals surface area contributed by atoms with Gasteiger partial charge in [-0.1, -0.05) is 48.5 Å². The van der Waals surface area contributed by atoms with Crippen LogP contribution in [0.2, 0.25) is 0 Å². The molecule has 1 N–H and O–H groups in total. The van der Waals surface area contributed by atoms with E-state index >= 15 is 0 Å². The Hall–Kier alpha value is -2.37. The van der Waals surface area contributed by atoms with Crippen molar-refractivity contribution >= 4 is 40.2 Å². The van der Waals surface area contributed by atoms with Gasteiger partial charge in [-0.25, -0.2) is 4.98 Å². The summed E-state index contributed by atoms with van der Waals surface area (Å²) in [6, 6.07) is 18.0. The average Bonchev–Trinajstić information content (AvgIpc) is 3.04. The van der Waals surface area contributed by atoms with Crippen LogP contribution < -0.4 is 5.32 Å². The summed E-state index contributed by atoms with van der Waals surface area (Å²) < 4.78 is 0. The van der Waals surface area contributed by atoms with Crippen molar-refractivity contribution in [3.05, 3.63) is 71.1 Å². The molecule has 0 aliphatic carbocycles. The van der Waals surface area contributed by atoms with Gasteiger partial charge in [0, 0.05) is 27.2 Å². The number of hydrogen-bond donors (Lipinski definition) is 1. The summed E-state index contributed by atoms with van der Waals surface area (Å²) in [5, 5.41) is 3.53. The Morgan fingerprint density at radius 2 is 1.88 bits per heavy atom. The minimum atomic E-state index is -0.161. The van der Waals surface area contributed by atoms with E-state index in [-0.39, 0.29) is 5.91 Å². The molecule has 0 bridgehead atoms. The highest BCUT2D eigenvalue weighted by molar-refractivity contribution is 7.98. The van der Waals surface area contributed by atoms with Gasteiger partial charge < -0.3 is 0 Å². The fraction of sp³-hybridized carbons (Fsp3) is 0.0526. The van der Waals surface area contributed by atoms with Crippen molar-refractivity contribution in [2.45, 2.75) is 10.6 Å². The molecule has 3 aromatic rings. The number of rotatable bonds is 3. The van der Waals surface area contributed by atoms with Crippen LogP contribution in [0.5, 0.6) is 0 Å². The lowest BCUT2D eigenvalue weighted by atomic mass is 10.1. The summed E-state index contributed by atoms with van der Waals surface area (Å²) in [4.78, 5) is 19.2. The molecule has 24 heavy (non-hydrogen) atoms. The number of fused-ring (bicyclic) bond motifs is 3. The molecule has 0 saturated carbocycles. The molecule has 0 radical (unpaired) electrons. The molecule has 118 valence electrons. The van der Waals surface area contributed by atoms with E-state index in [0.29, 0.717) is 5.13 Å². The van der Waals surface area contributed by atoms with Gasteiger partial charge in [-0.2, -0.15) is 0 Å². The number of hydrogen-bond acceptors (Lipinski definition) is 4. The molecule has 2 heterocycles. The number of anilines is 1. The van der Waals surface area contributed by atoms with E-state index in [0.717, 1.165) is 22.6 Å². The molecule has 0 saturated heterocycles. The Kier molecular flexibility index (Phi) is 4.19. The van der Waals surface area contributed by atoms with Crippen molar-refractivity contribution in [1.29, 1.82) is 0 Å². The zero-order valence-electron chi connectivity index (χ0n) is 12.7. The zero-order valence-corrected chi connectivity index (χ0v) is 14.4. The Morgan fingerprint density at radius 3 is 2.75 bits per heavy atom. The van der Waals surface area contributed by atoms with Gasteiger partial charge in [0.05, 0.1) is 5.69 Å². The number of thiazole rings is 1. The number of aromatic nitrogens is 1. The molecule has 0 spiro atoms. The lowest BCUT2D eigenvalue weighted by molar-refractivity contribution is -0.111. The Balaban J connectivity index is 1.52. The monoisotopic (exact) mass is 350 g/mol. The molecular formula is C19H14N2OS2. The molecule has 2 aromatic carbocycles. The SMILES string of the molecule is O=C(/C=C/c1ccccc1)Nc1nc2c(s1)CSc1ccccc1-2. The number of amides is 1. The molecule has 3 nitrogen and oxygen atoms in total. The number of thioether (sulfide) groups is 1. The first-order valence-electron chi connectivity index (χ1n) is 7.55. The first-order chi connectivity index (χ1) is 11.8. The van der Waals surface area contributed by atoms with E-state index in [2.05, 4.69) is 22.4 Å². The van der Waals surface area contributed by atoms with E-state index in [1.165, 1.54) is 9.77 Å². The van der Waals surface area contributed by atoms with E-state index in [1.54, 1.807) is 23.5 Å². The van der Waals surface area contributed by atoms with E-state index in [1.807, 2.05) is 54.2 Å². The van der Waals surface area contributed by atoms with Gasteiger partial charge in [-0.05, 0) is 17.7 Å². The van der Waals surface area contributed by atoms with Crippen LogP contribution in [0, 0.1) is 0 Å². The summed E-state index contributed by atoms with van der Waals surface area (Å²) in [6.07, 6.45) is 3.34. The Bertz CT molecular complexity index is 916. The van der Waals surface area contributed by atoms with Crippen molar-refractivity contribution in [2.75, 3.05) is 5.32 Å². The standard InChI is InChI=1S/C19H14N2OS2/c22-17(11-10-13-6-2-1-3-7-13)20-19-21-18-14-8-4-5-9-15(14)23-12-16(18)24-19/h1-11H,12H2,(H,20,21,22)/b11-10+. The first kappa shape index (κ1) is 15.2. The summed E-state index contributed by atoms with van der Waals surface area (Å²) in [6.45, 7) is 0. The average molecular weight is 350 g/mol. The molecule has 1 amide bonds. The van der Waals surface area contributed by atoms with E-state index in [4.69, 9.17) is 0 Å². The molecular weight excluding hydrogens is 336 g/mol. The fourth-order valence-corrected chi connectivity index (χ4v) is 4.63. The summed E-state index contributed by atoms with van der Waals surface area (Å²) in [5.74, 6) is 0.741. The topological polar surface area (TPSA) is 42.0 Å². The van der Waals surface area contributed by atoms with Crippen LogP contribution in [0.3, 0.4) is 0 Å². The lowest BCUT2D eigenvalue weighted by Crippen LogP contribution is -2.07. The van der Waals surface area contributed by atoms with Gasteiger partial charge >= 0.3 is 0 Å². The molecule has 0 atom stereocenters. The van der Waals surface area contributed by atoms with Crippen molar-refractivity contribution in [1.82, 2.24) is 4.98 Å². The second-order valence-electron chi connectivity index (χ2n) is 5.31. The maximum absolute atomic E-state index is 12.1. The van der Waals surface area contributed by atoms with Gasteiger partial charge in [-0.3, -0.25) is 10.1 Å². The summed E-state index contributed by atoms with van der Waals surface area (Å²) in [7, 11) is 0. The van der Waals surface area contributed by atoms with Gasteiger partial charge in [-0.15, -0.1) is 23.1 Å². The quantitative estimate of drug-likeness (QED) is 0.671. The molecule has 0 unspecified atom stereocenters. The van der Waals surface area contributed by atoms with Crippen LogP contribution in [0.25, 0.3) is 17.3 Å². The Labute approximate surface area is 148 Å². The number of carbonyl (C=O) groups is 1. The summed E-state index contributed by atoms with van der Waals surface area (Å²) in [5.41, 5.74) is 3.15. The summed E-state index contributed by atoms with van der Waals surface area (Å²) >= 11 is 3.37. The van der Waals surface area contributed by atoms with Crippen LogP contribution in [0.4, 0.5) is 5.13 Å². The minimum Gasteiger partial charge on any atom is -0.298 e. The van der Waals surface area contributed by atoms with Crippen LogP contribution in [-0.2, 0) is 10.5 Å². The molecule has 0 fully saturated rings. The van der Waals surface area contributed by atoms with Crippen LogP contribution in [-0.4, -0.2) is 10.9 Å². The second-order valence-corrected chi connectivity index (χ2v) is 7.41. The first-order valence-corrected chi connectivity index (χ1v) is 9.36. The van der Waals surface area contributed by atoms with E-state index < -0.39 is 0 Å². The minimum absolute atomic E-state index is 0.161. The van der Waals surface area contributed by atoms with Crippen LogP contribution in [0.15, 0.2) is 65.6 Å². The molecule has 1 aliphatic rings. The molecule has 1 aromatic heterocycles. The number of nitrogens with zero attached hydrogens (tertiary/aromatic N) is 1. The zero-order chi connectivity index (χ0) is 16.4. The van der Waals surface area contributed by atoms with Crippen LogP contribution in [0.1, 0.15) is 10.4 Å². The van der Waals surface area contributed by atoms with Crippen molar-refractivity contribution in [3.8, 4) is 11.3 Å². The lowest BCUT2D eigenvalue weighted by Gasteiger charge is -2.13. The third kappa shape index (κ3) is 3.13. The largest absolute Gasteiger partial charge is 0.298 e. The van der Waals surface area contributed by atoms with Crippen molar-refractivity contribution in [2.24, 2.45) is 0 Å². The third-order valence-electron chi connectivity index (χ3n) is 3.66. The van der Waals surface area contributed by atoms with Gasteiger partial charge in [0.1, 0.15) is 0 Å². The van der Waals surface area contributed by atoms with E-state index in [9.17, 15) is 4.79 Å². The molecule has 5 heteroatoms. The maximum atomic E-state index is 12.1. The third-order valence-corrected chi connectivity index (χ3v) is 5.91. The van der Waals surface area contributed by atoms with Crippen molar-refractivity contribution in [3.63, 3.8) is 0 Å². The van der Waals surface area contributed by atoms with Gasteiger partial charge in [0.15, 0.2) is 5.13 Å². The number of benzene rings is 2. The second kappa shape index (κ2) is 6.63. The van der Waals surface area contributed by atoms with Crippen LogP contribution >= 0.6 is 23.1 Å². The predicted molar refractivity (Wildman–Crippen MR) is 101 cm³/mol. The van der Waals surface area contributed by atoms with Gasteiger partial charge in [0.25, 0.3) is 0 Å². The molecule has 1 aliphatic heterocycles. The maximum Gasteiger partial charge on any atom is 0.250 e. The highest BCUT2D eigenvalue weighted by Crippen LogP contribution is 2.44. The normalized spacial score (nSPS) is 12.7. The fourth-order valence-electron chi connectivity index (χ4n) is 2.53.